The Bertz CT molecular complexity index is 1130. The van der Waals surface area contributed by atoms with Gasteiger partial charge in [0.1, 0.15) is 5.75 Å². The first-order chi connectivity index (χ1) is 17.1. The molecule has 6 nitrogen and oxygen atoms in total. The molecule has 0 radical (unpaired) electrons. The van der Waals surface area contributed by atoms with E-state index in [1.807, 2.05) is 48.5 Å². The number of carboxylic acid groups (broad SMARTS) is 1. The SMILES string of the molecule is O=C(Cc1ccc(Oc2ccccc2OC2CCCCCCC2)cc1)Nc1ccccc1C(=O)O. The van der Waals surface area contributed by atoms with Gasteiger partial charge in [-0.25, -0.2) is 4.79 Å². The van der Waals surface area contributed by atoms with Crippen LogP contribution in [0.5, 0.6) is 17.2 Å². The molecule has 2 N–H and O–H groups in total. The number of benzene rings is 3. The van der Waals surface area contributed by atoms with E-state index in [0.29, 0.717) is 11.5 Å². The lowest BCUT2D eigenvalue weighted by molar-refractivity contribution is -0.115. The zero-order valence-corrected chi connectivity index (χ0v) is 19.7. The minimum atomic E-state index is -1.08. The second-order valence-corrected chi connectivity index (χ2v) is 8.85. The summed E-state index contributed by atoms with van der Waals surface area (Å²) in [5.41, 5.74) is 1.14. The van der Waals surface area contributed by atoms with Crippen LogP contribution < -0.4 is 14.8 Å². The lowest BCUT2D eigenvalue weighted by Gasteiger charge is -2.22. The molecule has 0 aliphatic heterocycles. The van der Waals surface area contributed by atoms with E-state index < -0.39 is 5.97 Å². The van der Waals surface area contributed by atoms with E-state index >= 15 is 0 Å². The molecule has 0 bridgehead atoms. The molecule has 0 spiro atoms. The minimum Gasteiger partial charge on any atom is -0.487 e. The molecule has 4 rings (SSSR count). The predicted molar refractivity (Wildman–Crippen MR) is 135 cm³/mol. The minimum absolute atomic E-state index is 0.0601. The van der Waals surface area contributed by atoms with Gasteiger partial charge in [-0.15, -0.1) is 0 Å². The molecule has 0 saturated heterocycles. The Labute approximate surface area is 205 Å². The van der Waals surface area contributed by atoms with E-state index in [9.17, 15) is 14.7 Å². The Morgan fingerprint density at radius 2 is 1.43 bits per heavy atom. The highest BCUT2D eigenvalue weighted by Gasteiger charge is 2.16. The van der Waals surface area contributed by atoms with Gasteiger partial charge in [0.15, 0.2) is 11.5 Å². The number of carbonyl (C=O) groups is 2. The molecule has 1 saturated carbocycles. The van der Waals surface area contributed by atoms with Crippen LogP contribution in [0.2, 0.25) is 0 Å². The van der Waals surface area contributed by atoms with Gasteiger partial charge in [0.2, 0.25) is 5.91 Å². The summed E-state index contributed by atoms with van der Waals surface area (Å²) in [6, 6.07) is 21.4. The van der Waals surface area contributed by atoms with Crippen LogP contribution in [0.15, 0.2) is 72.8 Å². The highest BCUT2D eigenvalue weighted by atomic mass is 16.5. The number of amides is 1. The fourth-order valence-electron chi connectivity index (χ4n) is 4.31. The van der Waals surface area contributed by atoms with E-state index in [0.717, 1.165) is 24.2 Å². The van der Waals surface area contributed by atoms with Crippen LogP contribution in [0.3, 0.4) is 0 Å². The molecular formula is C29H31NO5. The number of ether oxygens (including phenoxy) is 2. The third-order valence-corrected chi connectivity index (χ3v) is 6.14. The number of anilines is 1. The van der Waals surface area contributed by atoms with E-state index in [4.69, 9.17) is 9.47 Å². The maximum atomic E-state index is 12.5. The summed E-state index contributed by atoms with van der Waals surface area (Å²) in [6.45, 7) is 0. The zero-order chi connectivity index (χ0) is 24.5. The highest BCUT2D eigenvalue weighted by Crippen LogP contribution is 2.33. The molecule has 3 aromatic carbocycles. The molecule has 1 aliphatic rings. The van der Waals surface area contributed by atoms with Gasteiger partial charge in [0.05, 0.1) is 23.8 Å². The number of rotatable bonds is 8. The third-order valence-electron chi connectivity index (χ3n) is 6.14. The van der Waals surface area contributed by atoms with Crippen molar-refractivity contribution < 1.29 is 24.2 Å². The average molecular weight is 474 g/mol. The molecule has 1 amide bonds. The first kappa shape index (κ1) is 24.3. The van der Waals surface area contributed by atoms with Gasteiger partial charge in [-0.1, -0.05) is 55.7 Å². The van der Waals surface area contributed by atoms with Crippen molar-refractivity contribution in [3.05, 3.63) is 83.9 Å². The van der Waals surface area contributed by atoms with Crippen molar-refractivity contribution in [2.75, 3.05) is 5.32 Å². The number of carboxylic acids is 1. The van der Waals surface area contributed by atoms with Crippen molar-refractivity contribution in [3.63, 3.8) is 0 Å². The van der Waals surface area contributed by atoms with Crippen LogP contribution in [0, 0.1) is 0 Å². The average Bonchev–Trinajstić information content (AvgIpc) is 2.83. The second kappa shape index (κ2) is 12.1. The van der Waals surface area contributed by atoms with E-state index in [-0.39, 0.29) is 29.7 Å². The number of aromatic carboxylic acids is 1. The largest absolute Gasteiger partial charge is 0.487 e. The molecule has 182 valence electrons. The lowest BCUT2D eigenvalue weighted by atomic mass is 9.98. The van der Waals surface area contributed by atoms with Crippen LogP contribution >= 0.6 is 0 Å². The van der Waals surface area contributed by atoms with Gasteiger partial charge in [0.25, 0.3) is 0 Å². The monoisotopic (exact) mass is 473 g/mol. The first-order valence-electron chi connectivity index (χ1n) is 12.2. The predicted octanol–water partition coefficient (Wildman–Crippen LogP) is 6.85. The summed E-state index contributed by atoms with van der Waals surface area (Å²) < 4.78 is 12.4. The summed E-state index contributed by atoms with van der Waals surface area (Å²) in [7, 11) is 0. The van der Waals surface area contributed by atoms with Crippen molar-refractivity contribution >= 4 is 17.6 Å². The van der Waals surface area contributed by atoms with Gasteiger partial charge in [-0.2, -0.15) is 0 Å². The molecule has 0 heterocycles. The summed E-state index contributed by atoms with van der Waals surface area (Å²) in [5.74, 6) is 0.703. The summed E-state index contributed by atoms with van der Waals surface area (Å²) >= 11 is 0. The number of hydrogen-bond acceptors (Lipinski definition) is 4. The highest BCUT2D eigenvalue weighted by molar-refractivity contribution is 6.00. The van der Waals surface area contributed by atoms with E-state index in [1.54, 1.807) is 18.2 Å². The van der Waals surface area contributed by atoms with E-state index in [1.165, 1.54) is 38.2 Å². The number of para-hydroxylation sites is 3. The normalized spacial score (nSPS) is 14.4. The van der Waals surface area contributed by atoms with Crippen molar-refractivity contribution in [1.82, 2.24) is 0 Å². The van der Waals surface area contributed by atoms with Crippen LogP contribution in [0.25, 0.3) is 0 Å². The topological polar surface area (TPSA) is 84.9 Å². The molecule has 35 heavy (non-hydrogen) atoms. The third kappa shape index (κ3) is 7.09. The van der Waals surface area contributed by atoms with Gasteiger partial charge >= 0.3 is 5.97 Å². The maximum Gasteiger partial charge on any atom is 0.337 e. The van der Waals surface area contributed by atoms with Gasteiger partial charge in [-0.3, -0.25) is 4.79 Å². The van der Waals surface area contributed by atoms with Crippen molar-refractivity contribution in [2.24, 2.45) is 0 Å². The van der Waals surface area contributed by atoms with Gasteiger partial charge in [0, 0.05) is 0 Å². The Kier molecular flexibility index (Phi) is 8.39. The van der Waals surface area contributed by atoms with Crippen LogP contribution in [-0.2, 0) is 11.2 Å². The van der Waals surface area contributed by atoms with Crippen molar-refractivity contribution in [1.29, 1.82) is 0 Å². The van der Waals surface area contributed by atoms with Crippen molar-refractivity contribution in [2.45, 2.75) is 57.5 Å². The Balaban J connectivity index is 1.36. The second-order valence-electron chi connectivity index (χ2n) is 8.85. The fourth-order valence-corrected chi connectivity index (χ4v) is 4.31. The lowest BCUT2D eigenvalue weighted by Crippen LogP contribution is -2.18. The van der Waals surface area contributed by atoms with Crippen LogP contribution in [0.4, 0.5) is 5.69 Å². The zero-order valence-electron chi connectivity index (χ0n) is 19.7. The molecule has 0 unspecified atom stereocenters. The van der Waals surface area contributed by atoms with E-state index in [2.05, 4.69) is 5.32 Å². The number of hydrogen-bond donors (Lipinski definition) is 2. The Hall–Kier alpha value is -3.80. The van der Waals surface area contributed by atoms with Gasteiger partial charge < -0.3 is 19.9 Å². The van der Waals surface area contributed by atoms with Crippen LogP contribution in [0.1, 0.15) is 60.9 Å². The van der Waals surface area contributed by atoms with Crippen LogP contribution in [-0.4, -0.2) is 23.1 Å². The summed E-state index contributed by atoms with van der Waals surface area (Å²) in [4.78, 5) is 23.8. The molecule has 6 heteroatoms. The summed E-state index contributed by atoms with van der Waals surface area (Å²) in [6.07, 6.45) is 8.74. The quantitative estimate of drug-likeness (QED) is 0.374. The molecule has 1 fully saturated rings. The Morgan fingerprint density at radius 1 is 0.800 bits per heavy atom. The fraction of sp³-hybridized carbons (Fsp3) is 0.310. The number of carbonyl (C=O) groups excluding carboxylic acids is 1. The smallest absolute Gasteiger partial charge is 0.337 e. The first-order valence-corrected chi connectivity index (χ1v) is 12.2. The molecular weight excluding hydrogens is 442 g/mol. The molecule has 0 aromatic heterocycles. The molecule has 0 atom stereocenters. The molecule has 3 aromatic rings. The molecule has 1 aliphatic carbocycles. The summed E-state index contributed by atoms with van der Waals surface area (Å²) in [5, 5.41) is 12.0. The Morgan fingerprint density at radius 3 is 2.14 bits per heavy atom. The maximum absolute atomic E-state index is 12.5. The van der Waals surface area contributed by atoms with Crippen molar-refractivity contribution in [3.8, 4) is 17.2 Å². The van der Waals surface area contributed by atoms with Gasteiger partial charge in [-0.05, 0) is 67.6 Å². The number of nitrogens with one attached hydrogen (secondary N) is 1. The standard InChI is InChI=1S/C29H31NO5/c31-28(30-25-13-7-6-12-24(25)29(32)33)20-21-16-18-23(19-17-21)35-27-15-9-8-14-26(27)34-22-10-4-2-1-3-5-11-22/h6-9,12-19,22H,1-5,10-11,20H2,(H,30,31)(H,32,33).